The van der Waals surface area contributed by atoms with Crippen LogP contribution in [0, 0.1) is 11.8 Å². The molecule has 0 radical (unpaired) electrons. The highest BCUT2D eigenvalue weighted by molar-refractivity contribution is 6.30. The van der Waals surface area contributed by atoms with E-state index in [0.29, 0.717) is 22.0 Å². The SMILES string of the molecule is CC1=NN(c2ccccc2)C(=O)[C@H]1[C@H](CC(=O)c1ccc(Cl)cc1)C(=O)O. The molecular formula is C20H17ClN2O4. The Bertz CT molecular complexity index is 909. The summed E-state index contributed by atoms with van der Waals surface area (Å²) in [5, 5.41) is 15.6. The van der Waals surface area contributed by atoms with Gasteiger partial charge in [-0.05, 0) is 43.3 Å². The van der Waals surface area contributed by atoms with Gasteiger partial charge in [0.25, 0.3) is 5.91 Å². The molecule has 0 saturated carbocycles. The second-order valence-corrected chi connectivity index (χ2v) is 6.72. The molecule has 1 amide bonds. The first-order chi connectivity index (χ1) is 12.9. The predicted octanol–water partition coefficient (Wildman–Crippen LogP) is 3.65. The molecule has 0 saturated heterocycles. The number of rotatable bonds is 6. The number of aliphatic carboxylic acids is 1. The van der Waals surface area contributed by atoms with Gasteiger partial charge in [0.1, 0.15) is 0 Å². The molecule has 2 atom stereocenters. The molecule has 1 aliphatic heterocycles. The van der Waals surface area contributed by atoms with Crippen molar-refractivity contribution in [2.75, 3.05) is 5.01 Å². The van der Waals surface area contributed by atoms with Gasteiger partial charge in [-0.1, -0.05) is 29.8 Å². The average Bonchev–Trinajstić information content (AvgIpc) is 2.95. The van der Waals surface area contributed by atoms with E-state index >= 15 is 0 Å². The molecule has 2 aromatic carbocycles. The van der Waals surface area contributed by atoms with Gasteiger partial charge in [0.2, 0.25) is 0 Å². The fourth-order valence-electron chi connectivity index (χ4n) is 3.10. The summed E-state index contributed by atoms with van der Waals surface area (Å²) in [5.41, 5.74) is 1.28. The van der Waals surface area contributed by atoms with Crippen LogP contribution in [0.2, 0.25) is 5.02 Å². The minimum Gasteiger partial charge on any atom is -0.481 e. The molecule has 3 rings (SSSR count). The lowest BCUT2D eigenvalue weighted by molar-refractivity contribution is -0.144. The number of hydrogen-bond donors (Lipinski definition) is 1. The van der Waals surface area contributed by atoms with Crippen LogP contribution < -0.4 is 5.01 Å². The number of nitrogens with zero attached hydrogens (tertiary/aromatic N) is 2. The lowest BCUT2D eigenvalue weighted by Gasteiger charge is -2.19. The molecule has 1 aliphatic rings. The zero-order chi connectivity index (χ0) is 19.6. The molecule has 0 bridgehead atoms. The number of hydrazone groups is 1. The predicted molar refractivity (Wildman–Crippen MR) is 102 cm³/mol. The zero-order valence-electron chi connectivity index (χ0n) is 14.5. The highest BCUT2D eigenvalue weighted by Gasteiger charge is 2.44. The number of ketones is 1. The average molecular weight is 385 g/mol. The van der Waals surface area contributed by atoms with Crippen LogP contribution in [-0.4, -0.2) is 28.5 Å². The normalized spacial score (nSPS) is 17.6. The van der Waals surface area contributed by atoms with Gasteiger partial charge < -0.3 is 5.11 Å². The van der Waals surface area contributed by atoms with Crippen LogP contribution in [0.3, 0.4) is 0 Å². The smallest absolute Gasteiger partial charge is 0.308 e. The van der Waals surface area contributed by atoms with Crippen molar-refractivity contribution in [1.29, 1.82) is 0 Å². The fourth-order valence-corrected chi connectivity index (χ4v) is 3.22. The number of anilines is 1. The molecule has 138 valence electrons. The van der Waals surface area contributed by atoms with E-state index in [2.05, 4.69) is 5.10 Å². The Labute approximate surface area is 161 Å². The summed E-state index contributed by atoms with van der Waals surface area (Å²) in [4.78, 5) is 37.2. The number of carboxylic acids is 1. The number of carbonyl (C=O) groups is 3. The highest BCUT2D eigenvalue weighted by Crippen LogP contribution is 2.31. The van der Waals surface area contributed by atoms with Crippen molar-refractivity contribution in [2.24, 2.45) is 16.9 Å². The van der Waals surface area contributed by atoms with Gasteiger partial charge in [-0.2, -0.15) is 5.10 Å². The van der Waals surface area contributed by atoms with Crippen LogP contribution in [0.1, 0.15) is 23.7 Å². The third-order valence-corrected chi connectivity index (χ3v) is 4.73. The van der Waals surface area contributed by atoms with Crippen molar-refractivity contribution < 1.29 is 19.5 Å². The van der Waals surface area contributed by atoms with Gasteiger partial charge in [-0.15, -0.1) is 0 Å². The lowest BCUT2D eigenvalue weighted by Crippen LogP contribution is -2.37. The van der Waals surface area contributed by atoms with Crippen LogP contribution in [0.25, 0.3) is 0 Å². The quantitative estimate of drug-likeness (QED) is 0.770. The highest BCUT2D eigenvalue weighted by atomic mass is 35.5. The molecule has 0 unspecified atom stereocenters. The van der Waals surface area contributed by atoms with Crippen LogP contribution in [-0.2, 0) is 9.59 Å². The number of halogens is 1. The van der Waals surface area contributed by atoms with Crippen molar-refractivity contribution >= 4 is 40.7 Å². The minimum atomic E-state index is -1.21. The van der Waals surface area contributed by atoms with Gasteiger partial charge in [-0.3, -0.25) is 14.4 Å². The first-order valence-electron chi connectivity index (χ1n) is 8.34. The van der Waals surface area contributed by atoms with Gasteiger partial charge >= 0.3 is 5.97 Å². The van der Waals surface area contributed by atoms with Crippen LogP contribution >= 0.6 is 11.6 Å². The van der Waals surface area contributed by atoms with Crippen molar-refractivity contribution in [2.45, 2.75) is 13.3 Å². The first kappa shape index (κ1) is 18.8. The van der Waals surface area contributed by atoms with Crippen molar-refractivity contribution in [3.63, 3.8) is 0 Å². The van der Waals surface area contributed by atoms with E-state index in [1.807, 2.05) is 6.07 Å². The summed E-state index contributed by atoms with van der Waals surface area (Å²) in [6.45, 7) is 1.61. The maximum absolute atomic E-state index is 12.8. The maximum atomic E-state index is 12.8. The Balaban J connectivity index is 1.84. The molecule has 7 heteroatoms. The molecule has 27 heavy (non-hydrogen) atoms. The molecule has 6 nitrogen and oxygen atoms in total. The third kappa shape index (κ3) is 3.90. The Morgan fingerprint density at radius 1 is 1.15 bits per heavy atom. The summed E-state index contributed by atoms with van der Waals surface area (Å²) < 4.78 is 0. The largest absolute Gasteiger partial charge is 0.481 e. The molecule has 1 heterocycles. The van der Waals surface area contributed by atoms with E-state index in [9.17, 15) is 19.5 Å². The van der Waals surface area contributed by atoms with Crippen molar-refractivity contribution in [1.82, 2.24) is 0 Å². The van der Waals surface area contributed by atoms with Crippen LogP contribution in [0.5, 0.6) is 0 Å². The topological polar surface area (TPSA) is 87.0 Å². The van der Waals surface area contributed by atoms with Gasteiger partial charge in [-0.25, -0.2) is 5.01 Å². The number of amides is 1. The summed E-state index contributed by atoms with van der Waals surface area (Å²) in [7, 11) is 0. The van der Waals surface area contributed by atoms with E-state index in [1.165, 1.54) is 17.1 Å². The standard InChI is InChI=1S/C20H17ClN2O4/c1-12-18(19(25)23(22-12)15-5-3-2-4-6-15)16(20(26)27)11-17(24)13-7-9-14(21)10-8-13/h2-10,16,18H,11H2,1H3,(H,26,27)/t16-,18+/m0/s1. The van der Waals surface area contributed by atoms with E-state index < -0.39 is 23.7 Å². The number of carboxylic acid groups (broad SMARTS) is 1. The Kier molecular flexibility index (Phi) is 5.37. The molecular weight excluding hydrogens is 368 g/mol. The van der Waals surface area contributed by atoms with Gasteiger partial charge in [0, 0.05) is 22.7 Å². The van der Waals surface area contributed by atoms with E-state index in [-0.39, 0.29) is 12.2 Å². The second-order valence-electron chi connectivity index (χ2n) is 6.28. The second kappa shape index (κ2) is 7.72. The summed E-state index contributed by atoms with van der Waals surface area (Å²) >= 11 is 5.82. The Hall–Kier alpha value is -2.99. The molecule has 1 N–H and O–H groups in total. The lowest BCUT2D eigenvalue weighted by atomic mass is 9.83. The zero-order valence-corrected chi connectivity index (χ0v) is 15.3. The molecule has 2 aromatic rings. The van der Waals surface area contributed by atoms with E-state index in [4.69, 9.17) is 11.6 Å². The number of para-hydroxylation sites is 1. The Morgan fingerprint density at radius 3 is 2.37 bits per heavy atom. The Morgan fingerprint density at radius 2 is 1.78 bits per heavy atom. The van der Waals surface area contributed by atoms with E-state index in [1.54, 1.807) is 43.3 Å². The van der Waals surface area contributed by atoms with Crippen molar-refractivity contribution in [3.8, 4) is 0 Å². The first-order valence-corrected chi connectivity index (χ1v) is 8.72. The monoisotopic (exact) mass is 384 g/mol. The van der Waals surface area contributed by atoms with Crippen LogP contribution in [0.15, 0.2) is 59.7 Å². The van der Waals surface area contributed by atoms with E-state index in [0.717, 1.165) is 0 Å². The van der Waals surface area contributed by atoms with Gasteiger partial charge in [0.15, 0.2) is 5.78 Å². The van der Waals surface area contributed by atoms with Crippen molar-refractivity contribution in [3.05, 3.63) is 65.2 Å². The molecule has 0 fully saturated rings. The number of Topliss-reactive ketones (excluding diaryl/α,β-unsaturated/α-hetero) is 1. The third-order valence-electron chi connectivity index (χ3n) is 4.47. The number of hydrogen-bond acceptors (Lipinski definition) is 4. The molecule has 0 aliphatic carbocycles. The summed E-state index contributed by atoms with van der Waals surface area (Å²) in [5.74, 6) is -4.20. The molecule has 0 spiro atoms. The summed E-state index contributed by atoms with van der Waals surface area (Å²) in [6.07, 6.45) is -0.303. The maximum Gasteiger partial charge on any atom is 0.308 e. The fraction of sp³-hybridized carbons (Fsp3) is 0.200. The summed E-state index contributed by atoms with van der Waals surface area (Å²) in [6, 6.07) is 15.0. The van der Waals surface area contributed by atoms with Gasteiger partial charge in [0.05, 0.1) is 17.5 Å². The minimum absolute atomic E-state index is 0.303. The van der Waals surface area contributed by atoms with Crippen LogP contribution in [0.4, 0.5) is 5.69 Å². The number of benzene rings is 2. The number of carbonyl (C=O) groups excluding carboxylic acids is 2. The molecule has 0 aromatic heterocycles.